The van der Waals surface area contributed by atoms with Crippen LogP contribution in [0.3, 0.4) is 0 Å². The molecule has 148 valence electrons. The van der Waals surface area contributed by atoms with Crippen molar-refractivity contribution in [3.63, 3.8) is 0 Å². The first-order valence-corrected chi connectivity index (χ1v) is 11.5. The number of carbonyl (C=O) groups is 1. The first-order valence-electron chi connectivity index (χ1n) is 10.3. The molecule has 0 saturated carbocycles. The third-order valence-corrected chi connectivity index (χ3v) is 8.37. The molecule has 2 aromatic rings. The molecule has 6 atom stereocenters. The molecule has 4 rings (SSSR count). The molecule has 2 aromatic carbocycles. The molecule has 4 heteroatoms. The summed E-state index contributed by atoms with van der Waals surface area (Å²) < 4.78 is 13.5. The van der Waals surface area contributed by atoms with Gasteiger partial charge in [-0.1, -0.05) is 61.4 Å². The van der Waals surface area contributed by atoms with Crippen LogP contribution < -0.4 is 0 Å². The Bertz CT molecular complexity index is 864. The van der Waals surface area contributed by atoms with Gasteiger partial charge in [0.05, 0.1) is 22.1 Å². The van der Waals surface area contributed by atoms with Crippen molar-refractivity contribution in [3.05, 3.63) is 65.7 Å². The van der Waals surface area contributed by atoms with Crippen LogP contribution in [-0.2, 0) is 15.6 Å². The Morgan fingerprint density at radius 3 is 2.39 bits per heavy atom. The summed E-state index contributed by atoms with van der Waals surface area (Å²) >= 11 is 0. The van der Waals surface area contributed by atoms with E-state index in [1.165, 1.54) is 5.56 Å². The Balaban J connectivity index is 1.72. The molecule has 0 N–H and O–H groups in total. The Morgan fingerprint density at radius 2 is 1.75 bits per heavy atom. The van der Waals surface area contributed by atoms with Crippen molar-refractivity contribution in [2.75, 3.05) is 7.05 Å². The zero-order valence-corrected chi connectivity index (χ0v) is 17.7. The average Bonchev–Trinajstić information content (AvgIpc) is 2.98. The molecule has 0 unspecified atom stereocenters. The summed E-state index contributed by atoms with van der Waals surface area (Å²) in [6.07, 6.45) is 2.71. The summed E-state index contributed by atoms with van der Waals surface area (Å²) in [5, 5.41) is 0.00641. The second-order valence-electron chi connectivity index (χ2n) is 8.30. The molecule has 2 saturated heterocycles. The summed E-state index contributed by atoms with van der Waals surface area (Å²) in [6, 6.07) is 18.3. The SMILES string of the molecule is CCC[C@H]1[C@@H]2[C@@H]([S@@](=O)c3ccc(C)cc3)C[C@H](C(=O)[C@@H]1c1ccccc1)N2C. The van der Waals surface area contributed by atoms with Gasteiger partial charge in [-0.2, -0.15) is 0 Å². The van der Waals surface area contributed by atoms with Crippen molar-refractivity contribution >= 4 is 16.6 Å². The molecular weight excluding hydrogens is 366 g/mol. The lowest BCUT2D eigenvalue weighted by molar-refractivity contribution is -0.130. The average molecular weight is 396 g/mol. The van der Waals surface area contributed by atoms with Crippen molar-refractivity contribution in [1.29, 1.82) is 0 Å². The van der Waals surface area contributed by atoms with E-state index in [9.17, 15) is 9.00 Å². The number of fused-ring (bicyclic) bond motifs is 2. The fraction of sp³-hybridized carbons (Fsp3) is 0.458. The smallest absolute Gasteiger partial charge is 0.157 e. The van der Waals surface area contributed by atoms with E-state index < -0.39 is 10.8 Å². The monoisotopic (exact) mass is 395 g/mol. The molecule has 0 amide bonds. The van der Waals surface area contributed by atoms with Crippen molar-refractivity contribution in [2.45, 2.75) is 61.3 Å². The summed E-state index contributed by atoms with van der Waals surface area (Å²) in [5.74, 6) is 0.447. The standard InChI is InChI=1S/C24H29NO2S/c1-4-8-19-22(17-9-6-5-7-10-17)24(26)20-15-21(23(19)25(20)3)28(27)18-13-11-16(2)12-14-18/h5-7,9-14,19-23H,4,8,15H2,1-3H3/t19-,20-,21+,22-,23-,28+/m1/s1. The fourth-order valence-corrected chi connectivity index (χ4v) is 7.07. The number of nitrogens with zero attached hydrogens (tertiary/aromatic N) is 1. The molecule has 2 fully saturated rings. The molecule has 2 bridgehead atoms. The number of ketones is 1. The van der Waals surface area contributed by atoms with Crippen LogP contribution in [0, 0.1) is 12.8 Å². The molecule has 3 nitrogen and oxygen atoms in total. The van der Waals surface area contributed by atoms with Gasteiger partial charge in [0.15, 0.2) is 5.78 Å². The van der Waals surface area contributed by atoms with Gasteiger partial charge in [0.25, 0.3) is 0 Å². The number of carbonyl (C=O) groups excluding carboxylic acids is 1. The van der Waals surface area contributed by atoms with Crippen molar-refractivity contribution in [3.8, 4) is 0 Å². The van der Waals surface area contributed by atoms with Gasteiger partial charge in [0.1, 0.15) is 0 Å². The van der Waals surface area contributed by atoms with E-state index in [-0.39, 0.29) is 29.2 Å². The predicted molar refractivity (Wildman–Crippen MR) is 114 cm³/mol. The second-order valence-corrected chi connectivity index (χ2v) is 9.97. The molecule has 2 heterocycles. The maximum atomic E-state index is 13.5. The molecule has 0 aromatic heterocycles. The van der Waals surface area contributed by atoms with Gasteiger partial charge in [0, 0.05) is 16.9 Å². The van der Waals surface area contributed by atoms with Gasteiger partial charge in [-0.15, -0.1) is 0 Å². The highest BCUT2D eigenvalue weighted by atomic mass is 32.2. The number of aryl methyl sites for hydroxylation is 1. The largest absolute Gasteiger partial charge is 0.297 e. The lowest BCUT2D eigenvalue weighted by Crippen LogP contribution is -2.53. The predicted octanol–water partition coefficient (Wildman–Crippen LogP) is 4.33. The van der Waals surface area contributed by atoms with Crippen LogP contribution in [-0.4, -0.2) is 39.3 Å². The first kappa shape index (κ1) is 19.5. The summed E-state index contributed by atoms with van der Waals surface area (Å²) in [4.78, 5) is 16.6. The molecule has 0 radical (unpaired) electrons. The fourth-order valence-electron chi connectivity index (χ4n) is 5.31. The van der Waals surface area contributed by atoms with Gasteiger partial charge in [-0.05, 0) is 50.4 Å². The number of Topliss-reactive ketones (excluding diaryl/α,β-unsaturated/α-hetero) is 1. The Hall–Kier alpha value is -1.78. The van der Waals surface area contributed by atoms with Crippen LogP contribution in [0.15, 0.2) is 59.5 Å². The Morgan fingerprint density at radius 1 is 1.07 bits per heavy atom. The number of likely N-dealkylation sites (N-methyl/N-ethyl adjacent to an activating group) is 1. The van der Waals surface area contributed by atoms with Crippen LogP contribution in [0.25, 0.3) is 0 Å². The minimum atomic E-state index is -1.10. The molecule has 0 aliphatic carbocycles. The molecule has 2 aliphatic heterocycles. The van der Waals surface area contributed by atoms with Crippen molar-refractivity contribution in [2.24, 2.45) is 5.92 Å². The van der Waals surface area contributed by atoms with Crippen LogP contribution in [0.4, 0.5) is 0 Å². The zero-order chi connectivity index (χ0) is 19.8. The van der Waals surface area contributed by atoms with E-state index in [4.69, 9.17) is 0 Å². The van der Waals surface area contributed by atoms with E-state index in [1.54, 1.807) is 0 Å². The van der Waals surface area contributed by atoms with Gasteiger partial charge in [-0.25, -0.2) is 0 Å². The van der Waals surface area contributed by atoms with Gasteiger partial charge >= 0.3 is 0 Å². The van der Waals surface area contributed by atoms with Crippen LogP contribution in [0.1, 0.15) is 43.2 Å². The lowest BCUT2D eigenvalue weighted by atomic mass is 9.73. The molecule has 0 spiro atoms. The maximum Gasteiger partial charge on any atom is 0.157 e. The van der Waals surface area contributed by atoms with Crippen molar-refractivity contribution in [1.82, 2.24) is 4.90 Å². The summed E-state index contributed by atoms with van der Waals surface area (Å²) in [6.45, 7) is 4.23. The molecule has 2 aliphatic rings. The summed E-state index contributed by atoms with van der Waals surface area (Å²) in [5.41, 5.74) is 2.29. The Kier molecular flexibility index (Phi) is 5.52. The second kappa shape index (κ2) is 7.92. The zero-order valence-electron chi connectivity index (χ0n) is 16.9. The highest BCUT2D eigenvalue weighted by Gasteiger charge is 2.56. The van der Waals surface area contributed by atoms with Gasteiger partial charge < -0.3 is 0 Å². The van der Waals surface area contributed by atoms with Crippen LogP contribution in [0.2, 0.25) is 0 Å². The minimum Gasteiger partial charge on any atom is -0.297 e. The maximum absolute atomic E-state index is 13.5. The highest BCUT2D eigenvalue weighted by Crippen LogP contribution is 2.48. The number of hydrogen-bond donors (Lipinski definition) is 0. The third-order valence-electron chi connectivity index (χ3n) is 6.61. The van der Waals surface area contributed by atoms with E-state index >= 15 is 0 Å². The van der Waals surface area contributed by atoms with E-state index in [1.807, 2.05) is 49.4 Å². The van der Waals surface area contributed by atoms with Crippen LogP contribution in [0.5, 0.6) is 0 Å². The number of rotatable bonds is 5. The topological polar surface area (TPSA) is 37.4 Å². The van der Waals surface area contributed by atoms with Crippen LogP contribution >= 0.6 is 0 Å². The summed E-state index contributed by atoms with van der Waals surface area (Å²) in [7, 11) is 0.956. The van der Waals surface area contributed by atoms with E-state index in [0.29, 0.717) is 12.2 Å². The van der Waals surface area contributed by atoms with Crippen molar-refractivity contribution < 1.29 is 9.00 Å². The Labute approximate surface area is 170 Å². The third kappa shape index (κ3) is 3.27. The quantitative estimate of drug-likeness (QED) is 0.756. The van der Waals surface area contributed by atoms with Gasteiger partial charge in [0.2, 0.25) is 0 Å². The molecular formula is C24H29NO2S. The number of hydrogen-bond acceptors (Lipinski definition) is 3. The van der Waals surface area contributed by atoms with Gasteiger partial charge in [-0.3, -0.25) is 13.9 Å². The minimum absolute atomic E-state index is 0.00641. The van der Waals surface area contributed by atoms with E-state index in [2.05, 4.69) is 31.0 Å². The normalized spacial score (nSPS) is 31.1. The first-order chi connectivity index (χ1) is 13.5. The molecule has 28 heavy (non-hydrogen) atoms. The highest BCUT2D eigenvalue weighted by molar-refractivity contribution is 7.85. The lowest BCUT2D eigenvalue weighted by Gasteiger charge is -2.43. The number of benzene rings is 2. The number of piperidine rings is 1. The van der Waals surface area contributed by atoms with E-state index in [0.717, 1.165) is 23.3 Å².